The van der Waals surface area contributed by atoms with Crippen molar-refractivity contribution in [2.24, 2.45) is 0 Å². The number of nitrogens with one attached hydrogen (secondary N) is 1. The summed E-state index contributed by atoms with van der Waals surface area (Å²) < 4.78 is 40.7. The number of nitrogen functional groups attached to an aromatic ring is 1. The molecule has 3 aromatic rings. The summed E-state index contributed by atoms with van der Waals surface area (Å²) in [6.07, 6.45) is 0. The standard InChI is InChI=1S/C13H10FN3O2S2/c14-8-5-6-12(9(15)7-8)21(18,19)17-13-16-10-3-1-2-4-11(10)20-13/h1-7H,15H2,(H,16,17). The van der Waals surface area contributed by atoms with Crippen LogP contribution in [0, 0.1) is 5.82 Å². The maximum absolute atomic E-state index is 13.0. The molecule has 3 rings (SSSR count). The van der Waals surface area contributed by atoms with E-state index in [1.54, 1.807) is 6.07 Å². The third-order valence-electron chi connectivity index (χ3n) is 2.78. The average Bonchev–Trinajstić information content (AvgIpc) is 2.79. The van der Waals surface area contributed by atoms with Gasteiger partial charge in [0.15, 0.2) is 5.13 Å². The number of fused-ring (bicyclic) bond motifs is 1. The molecule has 0 fully saturated rings. The van der Waals surface area contributed by atoms with Crippen LogP contribution < -0.4 is 10.5 Å². The molecule has 0 saturated heterocycles. The molecule has 3 N–H and O–H groups in total. The molecule has 5 nitrogen and oxygen atoms in total. The third-order valence-corrected chi connectivity index (χ3v) is 5.27. The number of halogens is 1. The Balaban J connectivity index is 1.99. The Morgan fingerprint density at radius 1 is 1.19 bits per heavy atom. The summed E-state index contributed by atoms with van der Waals surface area (Å²) in [5, 5.41) is 0.236. The van der Waals surface area contributed by atoms with Crippen LogP contribution in [0.15, 0.2) is 47.4 Å². The summed E-state index contributed by atoms with van der Waals surface area (Å²) in [5.41, 5.74) is 6.11. The second kappa shape index (κ2) is 4.97. The second-order valence-corrected chi connectivity index (χ2v) is 6.96. The van der Waals surface area contributed by atoms with Crippen molar-refractivity contribution in [3.05, 3.63) is 48.3 Å². The molecule has 0 unspecified atom stereocenters. The summed E-state index contributed by atoms with van der Waals surface area (Å²) in [7, 11) is -3.90. The Hall–Kier alpha value is -2.19. The zero-order valence-electron chi connectivity index (χ0n) is 10.6. The van der Waals surface area contributed by atoms with Gasteiger partial charge in [-0.05, 0) is 30.3 Å². The third kappa shape index (κ3) is 2.67. The first-order valence-corrected chi connectivity index (χ1v) is 8.19. The summed E-state index contributed by atoms with van der Waals surface area (Å²) in [6, 6.07) is 10.4. The Kier molecular flexibility index (Phi) is 3.26. The van der Waals surface area contributed by atoms with Crippen LogP contribution in [0.4, 0.5) is 15.2 Å². The maximum Gasteiger partial charge on any atom is 0.265 e. The number of nitrogens with two attached hydrogens (primary N) is 1. The fourth-order valence-electron chi connectivity index (χ4n) is 1.85. The van der Waals surface area contributed by atoms with E-state index in [0.29, 0.717) is 5.52 Å². The molecular weight excluding hydrogens is 313 g/mol. The van der Waals surface area contributed by atoms with Crippen molar-refractivity contribution >= 4 is 42.4 Å². The molecule has 0 atom stereocenters. The van der Waals surface area contributed by atoms with Gasteiger partial charge in [-0.2, -0.15) is 0 Å². The molecule has 1 heterocycles. The fourth-order valence-corrected chi connectivity index (χ4v) is 4.06. The zero-order chi connectivity index (χ0) is 15.0. The van der Waals surface area contributed by atoms with Gasteiger partial charge in [0.2, 0.25) is 0 Å². The van der Waals surface area contributed by atoms with Gasteiger partial charge in [0.1, 0.15) is 10.7 Å². The first-order chi connectivity index (χ1) is 9.95. The topological polar surface area (TPSA) is 85.1 Å². The summed E-state index contributed by atoms with van der Waals surface area (Å²) in [5.74, 6) is -0.591. The van der Waals surface area contributed by atoms with Gasteiger partial charge in [-0.1, -0.05) is 23.5 Å². The van der Waals surface area contributed by atoms with E-state index < -0.39 is 15.8 Å². The van der Waals surface area contributed by atoms with Gasteiger partial charge in [-0.3, -0.25) is 4.72 Å². The number of para-hydroxylation sites is 1. The number of rotatable bonds is 3. The molecule has 0 amide bonds. The lowest BCUT2D eigenvalue weighted by molar-refractivity contribution is 0.600. The van der Waals surface area contributed by atoms with Crippen LogP contribution >= 0.6 is 11.3 Å². The van der Waals surface area contributed by atoms with E-state index in [0.717, 1.165) is 22.9 Å². The van der Waals surface area contributed by atoms with Crippen molar-refractivity contribution in [3.63, 3.8) is 0 Å². The van der Waals surface area contributed by atoms with E-state index in [1.165, 1.54) is 11.3 Å². The highest BCUT2D eigenvalue weighted by atomic mass is 32.2. The van der Waals surface area contributed by atoms with E-state index in [2.05, 4.69) is 9.71 Å². The van der Waals surface area contributed by atoms with Crippen LogP contribution in [0.3, 0.4) is 0 Å². The molecule has 0 spiro atoms. The number of anilines is 2. The monoisotopic (exact) mass is 323 g/mol. The van der Waals surface area contributed by atoms with Crippen molar-refractivity contribution in [2.45, 2.75) is 4.90 Å². The lowest BCUT2D eigenvalue weighted by Gasteiger charge is -2.07. The lowest BCUT2D eigenvalue weighted by atomic mass is 10.3. The van der Waals surface area contributed by atoms with Gasteiger partial charge in [-0.25, -0.2) is 17.8 Å². The normalized spacial score (nSPS) is 11.7. The molecule has 0 aliphatic carbocycles. The minimum Gasteiger partial charge on any atom is -0.398 e. The largest absolute Gasteiger partial charge is 0.398 e. The first kappa shape index (κ1) is 13.8. The number of thiazole rings is 1. The summed E-state index contributed by atoms with van der Waals surface area (Å²) in [6.45, 7) is 0. The number of benzene rings is 2. The minimum atomic E-state index is -3.90. The Morgan fingerprint density at radius 2 is 1.95 bits per heavy atom. The van der Waals surface area contributed by atoms with Crippen LogP contribution in [0.1, 0.15) is 0 Å². The van der Waals surface area contributed by atoms with Gasteiger partial charge >= 0.3 is 0 Å². The van der Waals surface area contributed by atoms with Gasteiger partial charge in [-0.15, -0.1) is 0 Å². The highest BCUT2D eigenvalue weighted by molar-refractivity contribution is 7.93. The number of aromatic nitrogens is 1. The van der Waals surface area contributed by atoms with E-state index in [-0.39, 0.29) is 15.7 Å². The molecule has 108 valence electrons. The van der Waals surface area contributed by atoms with Crippen LogP contribution in [-0.4, -0.2) is 13.4 Å². The first-order valence-electron chi connectivity index (χ1n) is 5.89. The molecule has 0 radical (unpaired) electrons. The van der Waals surface area contributed by atoms with E-state index in [4.69, 9.17) is 5.73 Å². The highest BCUT2D eigenvalue weighted by Gasteiger charge is 2.19. The minimum absolute atomic E-state index is 0.149. The van der Waals surface area contributed by atoms with Crippen molar-refractivity contribution in [2.75, 3.05) is 10.5 Å². The molecule has 0 aliphatic rings. The number of hydrogen-bond donors (Lipinski definition) is 2. The van der Waals surface area contributed by atoms with Crippen LogP contribution in [-0.2, 0) is 10.0 Å². The number of nitrogens with zero attached hydrogens (tertiary/aromatic N) is 1. The fraction of sp³-hybridized carbons (Fsp3) is 0. The van der Waals surface area contributed by atoms with Crippen LogP contribution in [0.2, 0.25) is 0 Å². The average molecular weight is 323 g/mol. The molecule has 0 saturated carbocycles. The SMILES string of the molecule is Nc1cc(F)ccc1S(=O)(=O)Nc1nc2ccccc2s1. The predicted molar refractivity (Wildman–Crippen MR) is 81.2 cm³/mol. The molecule has 1 aromatic heterocycles. The lowest BCUT2D eigenvalue weighted by Crippen LogP contribution is -2.14. The predicted octanol–water partition coefficient (Wildman–Crippen LogP) is 2.82. The molecule has 2 aromatic carbocycles. The number of hydrogen-bond acceptors (Lipinski definition) is 5. The maximum atomic E-state index is 13.0. The molecular formula is C13H10FN3O2S2. The Labute approximate surface area is 124 Å². The van der Waals surface area contributed by atoms with Crippen molar-refractivity contribution < 1.29 is 12.8 Å². The van der Waals surface area contributed by atoms with Gasteiger partial charge < -0.3 is 5.73 Å². The molecule has 0 bridgehead atoms. The molecule has 0 aliphatic heterocycles. The smallest absolute Gasteiger partial charge is 0.265 e. The highest BCUT2D eigenvalue weighted by Crippen LogP contribution is 2.28. The van der Waals surface area contributed by atoms with E-state index in [9.17, 15) is 12.8 Å². The van der Waals surface area contributed by atoms with Gasteiger partial charge in [0.05, 0.1) is 15.9 Å². The van der Waals surface area contributed by atoms with Crippen molar-refractivity contribution in [1.82, 2.24) is 4.98 Å². The van der Waals surface area contributed by atoms with Crippen LogP contribution in [0.25, 0.3) is 10.2 Å². The summed E-state index contributed by atoms with van der Waals surface area (Å²) >= 11 is 1.21. The van der Waals surface area contributed by atoms with Crippen molar-refractivity contribution in [1.29, 1.82) is 0 Å². The van der Waals surface area contributed by atoms with E-state index >= 15 is 0 Å². The molecule has 21 heavy (non-hydrogen) atoms. The van der Waals surface area contributed by atoms with Crippen molar-refractivity contribution in [3.8, 4) is 0 Å². The Bertz CT molecular complexity index is 889. The van der Waals surface area contributed by atoms with Gasteiger partial charge in [0, 0.05) is 0 Å². The quantitative estimate of drug-likeness (QED) is 0.726. The number of sulfonamides is 1. The Morgan fingerprint density at radius 3 is 2.67 bits per heavy atom. The summed E-state index contributed by atoms with van der Waals surface area (Å²) in [4.78, 5) is 4.01. The van der Waals surface area contributed by atoms with Gasteiger partial charge in [0.25, 0.3) is 10.0 Å². The second-order valence-electron chi connectivity index (χ2n) is 4.27. The van der Waals surface area contributed by atoms with E-state index in [1.807, 2.05) is 18.2 Å². The molecule has 8 heteroatoms. The van der Waals surface area contributed by atoms with Crippen LogP contribution in [0.5, 0.6) is 0 Å². The zero-order valence-corrected chi connectivity index (χ0v) is 12.2.